The standard InChI is InChI=1S/C8H5BrF2N2O2/c9-8-5(10)1-4(2-6(8)11)13-12-3-7(14)15/h1-3,13H,(H,14,15)/b12-3+. The maximum atomic E-state index is 12.9. The molecule has 0 heterocycles. The second-order valence-electron chi connectivity index (χ2n) is 2.46. The molecular weight excluding hydrogens is 274 g/mol. The van der Waals surface area contributed by atoms with E-state index in [4.69, 9.17) is 5.11 Å². The summed E-state index contributed by atoms with van der Waals surface area (Å²) in [6.45, 7) is 0. The maximum Gasteiger partial charge on any atom is 0.348 e. The molecule has 0 radical (unpaired) electrons. The lowest BCUT2D eigenvalue weighted by molar-refractivity contribution is -0.128. The number of anilines is 1. The predicted octanol–water partition coefficient (Wildman–Crippen LogP) is 2.21. The highest BCUT2D eigenvalue weighted by Gasteiger charge is 2.07. The molecule has 2 N–H and O–H groups in total. The van der Waals surface area contributed by atoms with Crippen LogP contribution in [-0.4, -0.2) is 17.3 Å². The van der Waals surface area contributed by atoms with Crippen LogP contribution in [0.25, 0.3) is 0 Å². The van der Waals surface area contributed by atoms with Gasteiger partial charge in [-0.3, -0.25) is 5.43 Å². The Hall–Kier alpha value is -1.50. The number of nitrogens with zero attached hydrogens (tertiary/aromatic N) is 1. The first-order chi connectivity index (χ1) is 7.00. The largest absolute Gasteiger partial charge is 0.477 e. The zero-order chi connectivity index (χ0) is 11.4. The number of carboxylic acids is 1. The lowest BCUT2D eigenvalue weighted by Crippen LogP contribution is -1.99. The van der Waals surface area contributed by atoms with Crippen molar-refractivity contribution in [1.29, 1.82) is 0 Å². The van der Waals surface area contributed by atoms with Crippen molar-refractivity contribution < 1.29 is 18.7 Å². The minimum absolute atomic E-state index is 0.0192. The number of rotatable bonds is 3. The van der Waals surface area contributed by atoms with Crippen molar-refractivity contribution in [2.75, 3.05) is 5.43 Å². The summed E-state index contributed by atoms with van der Waals surface area (Å²) in [7, 11) is 0. The van der Waals surface area contributed by atoms with Gasteiger partial charge in [0.1, 0.15) is 17.8 Å². The fraction of sp³-hybridized carbons (Fsp3) is 0. The van der Waals surface area contributed by atoms with Crippen molar-refractivity contribution in [3.63, 3.8) is 0 Å². The number of hydrogen-bond acceptors (Lipinski definition) is 3. The molecule has 0 aliphatic carbocycles. The Morgan fingerprint density at radius 3 is 2.47 bits per heavy atom. The molecular formula is C8H5BrF2N2O2. The van der Waals surface area contributed by atoms with Gasteiger partial charge in [-0.15, -0.1) is 0 Å². The van der Waals surface area contributed by atoms with Gasteiger partial charge in [0.2, 0.25) is 0 Å². The summed E-state index contributed by atoms with van der Waals surface area (Å²) in [6.07, 6.45) is 0.567. The van der Waals surface area contributed by atoms with Crippen LogP contribution in [0.4, 0.5) is 14.5 Å². The first kappa shape index (κ1) is 11.6. The summed E-state index contributed by atoms with van der Waals surface area (Å²) < 4.78 is 25.6. The Kier molecular flexibility index (Phi) is 3.73. The molecule has 0 unspecified atom stereocenters. The quantitative estimate of drug-likeness (QED) is 0.506. The monoisotopic (exact) mass is 278 g/mol. The Labute approximate surface area is 91.7 Å². The number of carbonyl (C=O) groups is 1. The fourth-order valence-electron chi connectivity index (χ4n) is 0.782. The van der Waals surface area contributed by atoms with Gasteiger partial charge in [-0.25, -0.2) is 13.6 Å². The topological polar surface area (TPSA) is 61.7 Å². The van der Waals surface area contributed by atoms with Crippen molar-refractivity contribution in [3.05, 3.63) is 28.2 Å². The Balaban J connectivity index is 2.83. The number of benzene rings is 1. The molecule has 1 aromatic carbocycles. The molecule has 0 aliphatic heterocycles. The molecule has 0 atom stereocenters. The highest BCUT2D eigenvalue weighted by atomic mass is 79.9. The summed E-state index contributed by atoms with van der Waals surface area (Å²) in [5.74, 6) is -2.87. The van der Waals surface area contributed by atoms with E-state index in [9.17, 15) is 13.6 Å². The van der Waals surface area contributed by atoms with Gasteiger partial charge in [0.05, 0.1) is 10.2 Å². The van der Waals surface area contributed by atoms with Gasteiger partial charge in [0.25, 0.3) is 0 Å². The van der Waals surface area contributed by atoms with Crippen LogP contribution >= 0.6 is 15.9 Å². The second-order valence-corrected chi connectivity index (χ2v) is 3.26. The van der Waals surface area contributed by atoms with Crippen molar-refractivity contribution in [2.45, 2.75) is 0 Å². The molecule has 7 heteroatoms. The molecule has 4 nitrogen and oxygen atoms in total. The first-order valence-corrected chi connectivity index (χ1v) is 4.46. The summed E-state index contributed by atoms with van der Waals surface area (Å²) in [5, 5.41) is 11.4. The summed E-state index contributed by atoms with van der Waals surface area (Å²) in [5.41, 5.74) is 2.19. The molecule has 0 saturated carbocycles. The maximum absolute atomic E-state index is 12.9. The molecule has 0 fully saturated rings. The van der Waals surface area contributed by atoms with Gasteiger partial charge in [0.15, 0.2) is 0 Å². The molecule has 0 spiro atoms. The van der Waals surface area contributed by atoms with Crippen LogP contribution in [-0.2, 0) is 4.79 Å². The van der Waals surface area contributed by atoms with Crippen molar-refractivity contribution in [1.82, 2.24) is 0 Å². The van der Waals surface area contributed by atoms with Crippen LogP contribution in [0, 0.1) is 11.6 Å². The minimum Gasteiger partial charge on any atom is -0.477 e. The summed E-state index contributed by atoms with van der Waals surface area (Å²) >= 11 is 2.69. The lowest BCUT2D eigenvalue weighted by Gasteiger charge is -2.02. The van der Waals surface area contributed by atoms with E-state index in [0.29, 0.717) is 6.21 Å². The van der Waals surface area contributed by atoms with Crippen molar-refractivity contribution in [2.24, 2.45) is 5.10 Å². The van der Waals surface area contributed by atoms with Crippen LogP contribution in [0.1, 0.15) is 0 Å². The van der Waals surface area contributed by atoms with Gasteiger partial charge >= 0.3 is 5.97 Å². The zero-order valence-corrected chi connectivity index (χ0v) is 8.75. The predicted molar refractivity (Wildman–Crippen MR) is 53.8 cm³/mol. The Morgan fingerprint density at radius 2 is 2.00 bits per heavy atom. The van der Waals surface area contributed by atoms with Gasteiger partial charge < -0.3 is 5.11 Å². The van der Waals surface area contributed by atoms with Gasteiger partial charge in [-0.2, -0.15) is 5.10 Å². The average molecular weight is 279 g/mol. The van der Waals surface area contributed by atoms with E-state index >= 15 is 0 Å². The molecule has 0 amide bonds. The Bertz CT molecular complexity index is 400. The normalized spacial score (nSPS) is 10.6. The van der Waals surface area contributed by atoms with E-state index < -0.39 is 17.6 Å². The number of halogens is 3. The molecule has 0 aliphatic rings. The number of nitrogens with one attached hydrogen (secondary N) is 1. The number of hydrogen-bond donors (Lipinski definition) is 2. The number of aliphatic carboxylic acids is 1. The van der Waals surface area contributed by atoms with Crippen molar-refractivity contribution in [3.8, 4) is 0 Å². The molecule has 1 rings (SSSR count). The SMILES string of the molecule is O=C(O)/C=N/Nc1cc(F)c(Br)c(F)c1. The van der Waals surface area contributed by atoms with Crippen molar-refractivity contribution >= 4 is 33.8 Å². The Morgan fingerprint density at radius 1 is 1.47 bits per heavy atom. The van der Waals surface area contributed by atoms with E-state index in [1.54, 1.807) is 0 Å². The summed E-state index contributed by atoms with van der Waals surface area (Å²) in [6, 6.07) is 1.96. The van der Waals surface area contributed by atoms with E-state index in [0.717, 1.165) is 12.1 Å². The molecule has 0 aromatic heterocycles. The van der Waals surface area contributed by atoms with Gasteiger partial charge in [-0.05, 0) is 15.9 Å². The van der Waals surface area contributed by atoms with Crippen LogP contribution in [0.5, 0.6) is 0 Å². The third-order valence-electron chi connectivity index (χ3n) is 1.35. The average Bonchev–Trinajstić information content (AvgIpc) is 2.13. The molecule has 0 bridgehead atoms. The van der Waals surface area contributed by atoms with E-state index in [1.807, 2.05) is 0 Å². The third kappa shape index (κ3) is 3.28. The highest BCUT2D eigenvalue weighted by Crippen LogP contribution is 2.23. The van der Waals surface area contributed by atoms with E-state index in [-0.39, 0.29) is 10.2 Å². The highest BCUT2D eigenvalue weighted by molar-refractivity contribution is 9.10. The van der Waals surface area contributed by atoms with Gasteiger partial charge in [-0.1, -0.05) is 0 Å². The number of hydrazone groups is 1. The van der Waals surface area contributed by atoms with E-state index in [2.05, 4.69) is 26.5 Å². The van der Waals surface area contributed by atoms with Crippen LogP contribution < -0.4 is 5.43 Å². The molecule has 80 valence electrons. The first-order valence-electron chi connectivity index (χ1n) is 3.67. The third-order valence-corrected chi connectivity index (χ3v) is 2.11. The lowest BCUT2D eigenvalue weighted by atomic mass is 10.3. The van der Waals surface area contributed by atoms with Gasteiger partial charge in [0, 0.05) is 12.1 Å². The molecule has 0 saturated heterocycles. The van der Waals surface area contributed by atoms with Crippen LogP contribution in [0.2, 0.25) is 0 Å². The smallest absolute Gasteiger partial charge is 0.348 e. The fourth-order valence-corrected chi connectivity index (χ4v) is 1.01. The zero-order valence-electron chi connectivity index (χ0n) is 7.17. The molecule has 15 heavy (non-hydrogen) atoms. The van der Waals surface area contributed by atoms with Crippen LogP contribution in [0.3, 0.4) is 0 Å². The number of carboxylic acid groups (broad SMARTS) is 1. The second kappa shape index (κ2) is 4.83. The molecule has 1 aromatic rings. The summed E-state index contributed by atoms with van der Waals surface area (Å²) in [4.78, 5) is 10.0. The van der Waals surface area contributed by atoms with Crippen LogP contribution in [0.15, 0.2) is 21.7 Å². The van der Waals surface area contributed by atoms with E-state index in [1.165, 1.54) is 0 Å². The minimum atomic E-state index is -1.26.